The molecule has 2 aromatic heterocycles. The van der Waals surface area contributed by atoms with Crippen molar-refractivity contribution in [3.63, 3.8) is 0 Å². The molecule has 9 heteroatoms. The lowest BCUT2D eigenvalue weighted by Gasteiger charge is -2.07. The molecule has 0 saturated carbocycles. The molecule has 2 amide bonds. The summed E-state index contributed by atoms with van der Waals surface area (Å²) in [5, 5.41) is 14.4. The summed E-state index contributed by atoms with van der Waals surface area (Å²) in [6.07, 6.45) is 0.229. The van der Waals surface area contributed by atoms with Crippen molar-refractivity contribution >= 4 is 23.2 Å². The number of hydrazine groups is 1. The molecule has 4 rings (SSSR count). The third kappa shape index (κ3) is 4.95. The van der Waals surface area contributed by atoms with Gasteiger partial charge in [-0.1, -0.05) is 48.5 Å². The van der Waals surface area contributed by atoms with Gasteiger partial charge in [0, 0.05) is 16.0 Å². The number of tetrazole rings is 1. The van der Waals surface area contributed by atoms with Crippen LogP contribution in [-0.4, -0.2) is 32.0 Å². The molecular formula is C21H18N6O2S. The summed E-state index contributed by atoms with van der Waals surface area (Å²) in [7, 11) is 0. The Hall–Kier alpha value is -3.85. The summed E-state index contributed by atoms with van der Waals surface area (Å²) in [4.78, 5) is 26.5. The topological polar surface area (TPSA) is 102 Å². The molecule has 0 spiro atoms. The number of hydrogen-bond donors (Lipinski definition) is 2. The van der Waals surface area contributed by atoms with Crippen molar-refractivity contribution in [3.05, 3.63) is 88.1 Å². The molecule has 30 heavy (non-hydrogen) atoms. The second-order valence-electron chi connectivity index (χ2n) is 6.46. The van der Waals surface area contributed by atoms with Crippen molar-refractivity contribution in [3.8, 4) is 11.4 Å². The van der Waals surface area contributed by atoms with E-state index in [0.717, 1.165) is 16.0 Å². The maximum Gasteiger partial charge on any atom is 0.269 e. The standard InChI is InChI=1S/C21H18N6O2S/c28-19(13-18-7-4-12-30-18)22-24-21(29)17-10-8-15(9-11-17)14-27-25-20(23-26-27)16-5-2-1-3-6-16/h1-12H,13-14H2,(H,22,28)(H,24,29). The summed E-state index contributed by atoms with van der Waals surface area (Å²) in [5.74, 6) is -0.0925. The number of carbonyl (C=O) groups excluding carboxylic acids is 2. The van der Waals surface area contributed by atoms with Crippen LogP contribution in [0.25, 0.3) is 11.4 Å². The first kappa shape index (κ1) is 19.5. The Morgan fingerprint density at radius 2 is 1.73 bits per heavy atom. The van der Waals surface area contributed by atoms with E-state index in [1.165, 1.54) is 16.1 Å². The molecule has 2 aromatic carbocycles. The maximum atomic E-state index is 12.2. The molecule has 2 heterocycles. The van der Waals surface area contributed by atoms with E-state index in [4.69, 9.17) is 0 Å². The lowest BCUT2D eigenvalue weighted by Crippen LogP contribution is -2.42. The van der Waals surface area contributed by atoms with E-state index in [2.05, 4.69) is 26.3 Å². The molecule has 0 bridgehead atoms. The number of amides is 2. The molecule has 0 aliphatic carbocycles. The lowest BCUT2D eigenvalue weighted by molar-refractivity contribution is -0.121. The van der Waals surface area contributed by atoms with Crippen molar-refractivity contribution in [2.24, 2.45) is 0 Å². The van der Waals surface area contributed by atoms with Crippen molar-refractivity contribution in [2.75, 3.05) is 0 Å². The molecule has 0 saturated heterocycles. The van der Waals surface area contributed by atoms with Crippen LogP contribution in [0.1, 0.15) is 20.8 Å². The zero-order valence-corrected chi connectivity index (χ0v) is 16.7. The molecule has 0 unspecified atom stereocenters. The number of aromatic nitrogens is 4. The van der Waals surface area contributed by atoms with Crippen LogP contribution in [0.4, 0.5) is 0 Å². The molecule has 150 valence electrons. The Labute approximate surface area is 176 Å². The van der Waals surface area contributed by atoms with Gasteiger partial charge in [0.05, 0.1) is 13.0 Å². The smallest absolute Gasteiger partial charge is 0.269 e. The van der Waals surface area contributed by atoms with E-state index in [1.807, 2.05) is 60.0 Å². The Balaban J connectivity index is 1.31. The van der Waals surface area contributed by atoms with E-state index in [9.17, 15) is 9.59 Å². The highest BCUT2D eigenvalue weighted by Gasteiger charge is 2.10. The third-order valence-corrected chi connectivity index (χ3v) is 5.13. The summed E-state index contributed by atoms with van der Waals surface area (Å²) in [6, 6.07) is 20.4. The van der Waals surface area contributed by atoms with Crippen LogP contribution in [0, 0.1) is 0 Å². The molecule has 2 N–H and O–H groups in total. The van der Waals surface area contributed by atoms with Gasteiger partial charge in [0.2, 0.25) is 11.7 Å². The van der Waals surface area contributed by atoms with Crippen LogP contribution in [0.15, 0.2) is 72.1 Å². The van der Waals surface area contributed by atoms with Crippen molar-refractivity contribution in [2.45, 2.75) is 13.0 Å². The number of carbonyl (C=O) groups is 2. The largest absolute Gasteiger partial charge is 0.273 e. The molecule has 0 radical (unpaired) electrons. The summed E-state index contributed by atoms with van der Waals surface area (Å²) in [6.45, 7) is 0.430. The first-order valence-corrected chi connectivity index (χ1v) is 10.1. The number of thiophene rings is 1. The highest BCUT2D eigenvalue weighted by atomic mass is 32.1. The van der Waals surface area contributed by atoms with Crippen molar-refractivity contribution < 1.29 is 9.59 Å². The van der Waals surface area contributed by atoms with Crippen LogP contribution in [0.5, 0.6) is 0 Å². The summed E-state index contributed by atoms with van der Waals surface area (Å²) >= 11 is 1.49. The van der Waals surface area contributed by atoms with Gasteiger partial charge in [0.25, 0.3) is 5.91 Å². The van der Waals surface area contributed by atoms with Gasteiger partial charge in [0.1, 0.15) is 0 Å². The van der Waals surface area contributed by atoms with Gasteiger partial charge in [-0.05, 0) is 34.4 Å². The summed E-state index contributed by atoms with van der Waals surface area (Å²) in [5.41, 5.74) is 7.11. The number of benzene rings is 2. The monoisotopic (exact) mass is 418 g/mol. The first-order chi connectivity index (χ1) is 14.7. The van der Waals surface area contributed by atoms with Gasteiger partial charge < -0.3 is 0 Å². The van der Waals surface area contributed by atoms with Crippen LogP contribution in [0.3, 0.4) is 0 Å². The SMILES string of the molecule is O=C(Cc1cccs1)NNC(=O)c1ccc(Cn2nnc(-c3ccccc3)n2)cc1. The van der Waals surface area contributed by atoms with Gasteiger partial charge in [-0.25, -0.2) is 0 Å². The normalized spacial score (nSPS) is 10.5. The van der Waals surface area contributed by atoms with Crippen LogP contribution < -0.4 is 10.9 Å². The Morgan fingerprint density at radius 3 is 2.47 bits per heavy atom. The van der Waals surface area contributed by atoms with Crippen LogP contribution in [-0.2, 0) is 17.8 Å². The first-order valence-electron chi connectivity index (χ1n) is 9.21. The number of rotatable bonds is 6. The van der Waals surface area contributed by atoms with E-state index in [0.29, 0.717) is 17.9 Å². The van der Waals surface area contributed by atoms with Gasteiger partial charge in [-0.3, -0.25) is 20.4 Å². The Morgan fingerprint density at radius 1 is 0.933 bits per heavy atom. The minimum Gasteiger partial charge on any atom is -0.273 e. The zero-order valence-electron chi connectivity index (χ0n) is 15.9. The fraction of sp³-hybridized carbons (Fsp3) is 0.0952. The second kappa shape index (κ2) is 9.10. The minimum absolute atomic E-state index is 0.229. The second-order valence-corrected chi connectivity index (χ2v) is 7.50. The number of nitrogens with one attached hydrogen (secondary N) is 2. The van der Waals surface area contributed by atoms with E-state index in [-0.39, 0.29) is 18.2 Å². The Kier molecular flexibility index (Phi) is 5.90. The number of nitrogens with zero attached hydrogens (tertiary/aromatic N) is 4. The fourth-order valence-corrected chi connectivity index (χ4v) is 3.46. The van der Waals surface area contributed by atoms with Gasteiger partial charge in [0.15, 0.2) is 0 Å². The Bertz CT molecular complexity index is 1120. The highest BCUT2D eigenvalue weighted by Crippen LogP contribution is 2.13. The van der Waals surface area contributed by atoms with Crippen LogP contribution >= 0.6 is 11.3 Å². The summed E-state index contributed by atoms with van der Waals surface area (Å²) < 4.78 is 0. The van der Waals surface area contributed by atoms with E-state index in [1.54, 1.807) is 12.1 Å². The van der Waals surface area contributed by atoms with Crippen molar-refractivity contribution in [1.29, 1.82) is 0 Å². The molecule has 0 aliphatic heterocycles. The molecule has 0 aliphatic rings. The van der Waals surface area contributed by atoms with E-state index < -0.39 is 0 Å². The van der Waals surface area contributed by atoms with Crippen LogP contribution in [0.2, 0.25) is 0 Å². The maximum absolute atomic E-state index is 12.2. The molecule has 4 aromatic rings. The predicted molar refractivity (Wildman–Crippen MR) is 112 cm³/mol. The van der Waals surface area contributed by atoms with Gasteiger partial charge in [-0.15, -0.1) is 21.5 Å². The minimum atomic E-state index is -0.383. The molecule has 0 fully saturated rings. The predicted octanol–water partition coefficient (Wildman–Crippen LogP) is 2.45. The lowest BCUT2D eigenvalue weighted by atomic mass is 10.1. The number of hydrogen-bond acceptors (Lipinski definition) is 6. The third-order valence-electron chi connectivity index (χ3n) is 4.26. The van der Waals surface area contributed by atoms with Gasteiger partial charge in [-0.2, -0.15) is 4.80 Å². The van der Waals surface area contributed by atoms with Crippen molar-refractivity contribution in [1.82, 2.24) is 31.1 Å². The van der Waals surface area contributed by atoms with E-state index >= 15 is 0 Å². The molecular weight excluding hydrogens is 400 g/mol. The fourth-order valence-electron chi connectivity index (χ4n) is 2.75. The average molecular weight is 418 g/mol. The zero-order chi connectivity index (χ0) is 20.8. The average Bonchev–Trinajstić information content (AvgIpc) is 3.45. The molecule has 8 nitrogen and oxygen atoms in total. The highest BCUT2D eigenvalue weighted by molar-refractivity contribution is 7.10. The van der Waals surface area contributed by atoms with Gasteiger partial charge >= 0.3 is 0 Å². The quantitative estimate of drug-likeness (QED) is 0.469. The molecule has 0 atom stereocenters.